The number of carbonyl (C=O) groups is 1. The Balaban J connectivity index is 1.57. The first-order valence-electron chi connectivity index (χ1n) is 6.66. The summed E-state index contributed by atoms with van der Waals surface area (Å²) in [6.45, 7) is 0.226. The number of anilines is 1. The van der Waals surface area contributed by atoms with Crippen molar-refractivity contribution < 1.29 is 9.53 Å². The molecule has 5 nitrogen and oxygen atoms in total. The molecule has 0 aliphatic rings. The second-order valence-electron chi connectivity index (χ2n) is 4.44. The van der Waals surface area contributed by atoms with E-state index in [1.54, 1.807) is 11.6 Å². The molecule has 2 aromatic heterocycles. The molecule has 1 N–H and O–H groups in total. The van der Waals surface area contributed by atoms with Gasteiger partial charge in [-0.1, -0.05) is 36.4 Å². The number of thiazole rings is 1. The molecule has 0 saturated heterocycles. The summed E-state index contributed by atoms with van der Waals surface area (Å²) < 4.78 is 5.15. The van der Waals surface area contributed by atoms with Crippen LogP contribution < -0.4 is 5.32 Å². The zero-order valence-electron chi connectivity index (χ0n) is 11.6. The number of carbonyl (C=O) groups excluding carboxylic acids is 1. The molecule has 1 amide bonds. The van der Waals surface area contributed by atoms with Crippen LogP contribution in [0, 0.1) is 0 Å². The molecule has 1 aromatic carbocycles. The standard InChI is InChI=1S/C16H13N3O2S/c20-16(21-10-12-6-2-1-3-7-12)19-14-11-22-15(18-14)13-8-4-5-9-17-13/h1-9,11H,10H2,(H,19,20). The van der Waals surface area contributed by atoms with Gasteiger partial charge in [0.2, 0.25) is 0 Å². The SMILES string of the molecule is O=C(Nc1csc(-c2ccccn2)n1)OCc1ccccc1. The number of amides is 1. The number of ether oxygens (including phenoxy) is 1. The number of hydrogen-bond donors (Lipinski definition) is 1. The third kappa shape index (κ3) is 3.67. The lowest BCUT2D eigenvalue weighted by molar-refractivity contribution is 0.155. The first kappa shape index (κ1) is 14.2. The zero-order chi connectivity index (χ0) is 15.2. The van der Waals surface area contributed by atoms with Gasteiger partial charge in [0, 0.05) is 11.6 Å². The van der Waals surface area contributed by atoms with E-state index in [2.05, 4.69) is 15.3 Å². The first-order chi connectivity index (χ1) is 10.8. The molecule has 3 aromatic rings. The van der Waals surface area contributed by atoms with Crippen molar-refractivity contribution in [2.45, 2.75) is 6.61 Å². The van der Waals surface area contributed by atoms with E-state index in [4.69, 9.17) is 4.74 Å². The molecule has 0 atom stereocenters. The topological polar surface area (TPSA) is 64.1 Å². The Morgan fingerprint density at radius 1 is 1.14 bits per heavy atom. The van der Waals surface area contributed by atoms with Crippen LogP contribution in [0.4, 0.5) is 10.6 Å². The average Bonchev–Trinajstić information content (AvgIpc) is 3.03. The van der Waals surface area contributed by atoms with Crippen molar-refractivity contribution in [2.24, 2.45) is 0 Å². The second-order valence-corrected chi connectivity index (χ2v) is 5.30. The van der Waals surface area contributed by atoms with Gasteiger partial charge in [-0.2, -0.15) is 0 Å². The maximum Gasteiger partial charge on any atom is 0.413 e. The van der Waals surface area contributed by atoms with Crippen LogP contribution in [0.3, 0.4) is 0 Å². The van der Waals surface area contributed by atoms with Gasteiger partial charge in [-0.25, -0.2) is 9.78 Å². The molecule has 0 aliphatic carbocycles. The predicted octanol–water partition coefficient (Wildman–Crippen LogP) is 3.95. The molecule has 0 spiro atoms. The van der Waals surface area contributed by atoms with Crippen molar-refractivity contribution in [3.05, 3.63) is 65.7 Å². The summed E-state index contributed by atoms with van der Waals surface area (Å²) in [4.78, 5) is 20.3. The van der Waals surface area contributed by atoms with Crippen LogP contribution in [0.15, 0.2) is 60.1 Å². The molecule has 0 fully saturated rings. The summed E-state index contributed by atoms with van der Waals surface area (Å²) in [5.41, 5.74) is 1.71. The van der Waals surface area contributed by atoms with Gasteiger partial charge in [0.1, 0.15) is 17.4 Å². The monoisotopic (exact) mass is 311 g/mol. The van der Waals surface area contributed by atoms with Gasteiger partial charge in [-0.15, -0.1) is 11.3 Å². The minimum atomic E-state index is -0.526. The summed E-state index contributed by atoms with van der Waals surface area (Å²) in [5.74, 6) is 0.462. The van der Waals surface area contributed by atoms with Crippen molar-refractivity contribution in [1.29, 1.82) is 0 Å². The van der Waals surface area contributed by atoms with Crippen LogP contribution in [0.25, 0.3) is 10.7 Å². The number of aromatic nitrogens is 2. The minimum Gasteiger partial charge on any atom is -0.444 e. The Bertz CT molecular complexity index is 744. The van der Waals surface area contributed by atoms with Gasteiger partial charge < -0.3 is 4.74 Å². The maximum atomic E-state index is 11.7. The van der Waals surface area contributed by atoms with Gasteiger partial charge in [-0.05, 0) is 17.7 Å². The molecule has 3 rings (SSSR count). The Morgan fingerprint density at radius 3 is 2.73 bits per heavy atom. The minimum absolute atomic E-state index is 0.226. The van der Waals surface area contributed by atoms with Crippen LogP contribution in [-0.2, 0) is 11.3 Å². The van der Waals surface area contributed by atoms with Gasteiger partial charge in [0.15, 0.2) is 0 Å². The van der Waals surface area contributed by atoms with Crippen LogP contribution >= 0.6 is 11.3 Å². The molecule has 0 saturated carbocycles. The molecule has 110 valence electrons. The molecular formula is C16H13N3O2S. The maximum absolute atomic E-state index is 11.7. The molecule has 2 heterocycles. The highest BCUT2D eigenvalue weighted by Gasteiger charge is 2.09. The van der Waals surface area contributed by atoms with E-state index in [1.165, 1.54) is 11.3 Å². The third-order valence-corrected chi connectivity index (χ3v) is 3.70. The summed E-state index contributed by atoms with van der Waals surface area (Å²) >= 11 is 1.42. The zero-order valence-corrected chi connectivity index (χ0v) is 12.4. The quantitative estimate of drug-likeness (QED) is 0.792. The highest BCUT2D eigenvalue weighted by Crippen LogP contribution is 2.23. The summed E-state index contributed by atoms with van der Waals surface area (Å²) in [7, 11) is 0. The van der Waals surface area contributed by atoms with Crippen molar-refractivity contribution >= 4 is 23.2 Å². The fourth-order valence-electron chi connectivity index (χ4n) is 1.80. The van der Waals surface area contributed by atoms with E-state index in [9.17, 15) is 4.79 Å². The van der Waals surface area contributed by atoms with Gasteiger partial charge >= 0.3 is 6.09 Å². The van der Waals surface area contributed by atoms with E-state index >= 15 is 0 Å². The van der Waals surface area contributed by atoms with E-state index in [1.807, 2.05) is 48.5 Å². The molecule has 22 heavy (non-hydrogen) atoms. The summed E-state index contributed by atoms with van der Waals surface area (Å²) in [5, 5.41) is 5.12. The van der Waals surface area contributed by atoms with E-state index in [-0.39, 0.29) is 6.61 Å². The molecular weight excluding hydrogens is 298 g/mol. The van der Waals surface area contributed by atoms with E-state index in [0.717, 1.165) is 16.3 Å². The number of pyridine rings is 1. The van der Waals surface area contributed by atoms with Gasteiger partial charge in [-0.3, -0.25) is 10.3 Å². The smallest absolute Gasteiger partial charge is 0.413 e. The normalized spacial score (nSPS) is 10.2. The molecule has 0 aliphatic heterocycles. The Morgan fingerprint density at radius 2 is 1.95 bits per heavy atom. The molecule has 0 unspecified atom stereocenters. The average molecular weight is 311 g/mol. The number of hydrogen-bond acceptors (Lipinski definition) is 5. The van der Waals surface area contributed by atoms with E-state index < -0.39 is 6.09 Å². The van der Waals surface area contributed by atoms with Crippen molar-refractivity contribution in [3.63, 3.8) is 0 Å². The largest absolute Gasteiger partial charge is 0.444 e. The van der Waals surface area contributed by atoms with E-state index in [0.29, 0.717) is 5.82 Å². The van der Waals surface area contributed by atoms with Crippen LogP contribution in [-0.4, -0.2) is 16.1 Å². The molecule has 0 bridgehead atoms. The predicted molar refractivity (Wildman–Crippen MR) is 85.6 cm³/mol. The first-order valence-corrected chi connectivity index (χ1v) is 7.54. The van der Waals surface area contributed by atoms with Crippen LogP contribution in [0.5, 0.6) is 0 Å². The fraction of sp³-hybridized carbons (Fsp3) is 0.0625. The fourth-order valence-corrected chi connectivity index (χ4v) is 2.53. The summed E-state index contributed by atoms with van der Waals surface area (Å²) in [6, 6.07) is 15.1. The lowest BCUT2D eigenvalue weighted by Gasteiger charge is -2.04. The van der Waals surface area contributed by atoms with Gasteiger partial charge in [0.25, 0.3) is 0 Å². The Hall–Kier alpha value is -2.73. The third-order valence-electron chi connectivity index (χ3n) is 2.83. The lowest BCUT2D eigenvalue weighted by atomic mass is 10.2. The highest BCUT2D eigenvalue weighted by atomic mass is 32.1. The number of rotatable bonds is 4. The van der Waals surface area contributed by atoms with Crippen LogP contribution in [0.2, 0.25) is 0 Å². The Kier molecular flexibility index (Phi) is 4.41. The van der Waals surface area contributed by atoms with Crippen molar-refractivity contribution in [2.75, 3.05) is 5.32 Å². The molecule has 6 heteroatoms. The number of benzene rings is 1. The Labute approximate surface area is 131 Å². The number of nitrogens with zero attached hydrogens (tertiary/aromatic N) is 2. The number of nitrogens with one attached hydrogen (secondary N) is 1. The lowest BCUT2D eigenvalue weighted by Crippen LogP contribution is -2.13. The highest BCUT2D eigenvalue weighted by molar-refractivity contribution is 7.13. The molecule has 0 radical (unpaired) electrons. The summed E-state index contributed by atoms with van der Waals surface area (Å²) in [6.07, 6.45) is 1.18. The van der Waals surface area contributed by atoms with Gasteiger partial charge in [0.05, 0.1) is 5.69 Å². The van der Waals surface area contributed by atoms with Crippen molar-refractivity contribution in [1.82, 2.24) is 9.97 Å². The van der Waals surface area contributed by atoms with Crippen molar-refractivity contribution in [3.8, 4) is 10.7 Å². The van der Waals surface area contributed by atoms with Crippen LogP contribution in [0.1, 0.15) is 5.56 Å². The second kappa shape index (κ2) is 6.82.